The average Bonchev–Trinajstić information content (AvgIpc) is 2.55. The molecule has 0 radical (unpaired) electrons. The fourth-order valence-corrected chi connectivity index (χ4v) is 2.57. The summed E-state index contributed by atoms with van der Waals surface area (Å²) in [6, 6.07) is 14.2. The van der Waals surface area contributed by atoms with Crippen molar-refractivity contribution in [2.24, 2.45) is 0 Å². The number of phenols is 1. The fraction of sp³-hybridized carbons (Fsp3) is 0.176. The van der Waals surface area contributed by atoms with Crippen molar-refractivity contribution >= 4 is 17.5 Å². The van der Waals surface area contributed by atoms with Crippen molar-refractivity contribution < 1.29 is 14.7 Å². The van der Waals surface area contributed by atoms with Crippen molar-refractivity contribution in [1.82, 2.24) is 4.90 Å². The van der Waals surface area contributed by atoms with E-state index in [9.17, 15) is 14.7 Å². The van der Waals surface area contributed by atoms with Crippen molar-refractivity contribution in [3.8, 4) is 5.75 Å². The highest BCUT2D eigenvalue weighted by molar-refractivity contribution is 6.39. The molecule has 1 aliphatic heterocycles. The first kappa shape index (κ1) is 14.1. The van der Waals surface area contributed by atoms with E-state index >= 15 is 0 Å². The van der Waals surface area contributed by atoms with Crippen LogP contribution in [-0.4, -0.2) is 28.4 Å². The van der Waals surface area contributed by atoms with Gasteiger partial charge in [-0.05, 0) is 29.7 Å². The molecule has 0 atom stereocenters. The standard InChI is InChI=1S/C17H16N2O3/c20-15-8-4-3-7-14(15)18-16(21)17(22)19-10-9-12-5-1-2-6-13(12)11-19/h1-8,20H,9-11H2,(H,18,21). The van der Waals surface area contributed by atoms with Gasteiger partial charge < -0.3 is 15.3 Å². The first-order valence-electron chi connectivity index (χ1n) is 7.10. The smallest absolute Gasteiger partial charge is 0.314 e. The summed E-state index contributed by atoms with van der Waals surface area (Å²) in [4.78, 5) is 25.8. The fourth-order valence-electron chi connectivity index (χ4n) is 2.57. The molecule has 0 aromatic heterocycles. The summed E-state index contributed by atoms with van der Waals surface area (Å²) < 4.78 is 0. The van der Waals surface area contributed by atoms with Crippen molar-refractivity contribution in [2.75, 3.05) is 11.9 Å². The van der Waals surface area contributed by atoms with E-state index in [2.05, 4.69) is 5.32 Å². The molecule has 0 aliphatic carbocycles. The van der Waals surface area contributed by atoms with E-state index in [-0.39, 0.29) is 11.4 Å². The summed E-state index contributed by atoms with van der Waals surface area (Å²) >= 11 is 0. The SMILES string of the molecule is O=C(Nc1ccccc1O)C(=O)N1CCc2ccccc2C1. The van der Waals surface area contributed by atoms with Crippen molar-refractivity contribution in [2.45, 2.75) is 13.0 Å². The molecule has 0 saturated carbocycles. The van der Waals surface area contributed by atoms with Crippen LogP contribution in [0, 0.1) is 0 Å². The second-order valence-electron chi connectivity index (χ2n) is 5.22. The molecular formula is C17H16N2O3. The van der Waals surface area contributed by atoms with Gasteiger partial charge in [0.2, 0.25) is 0 Å². The minimum Gasteiger partial charge on any atom is -0.506 e. The molecule has 0 unspecified atom stereocenters. The van der Waals surface area contributed by atoms with E-state index in [0.717, 1.165) is 12.0 Å². The van der Waals surface area contributed by atoms with Gasteiger partial charge in [-0.1, -0.05) is 36.4 Å². The number of hydrogen-bond acceptors (Lipinski definition) is 3. The van der Waals surface area contributed by atoms with E-state index in [4.69, 9.17) is 0 Å². The lowest BCUT2D eigenvalue weighted by atomic mass is 10.00. The number of anilines is 1. The number of amides is 2. The molecule has 5 heteroatoms. The first-order valence-corrected chi connectivity index (χ1v) is 7.10. The molecule has 2 N–H and O–H groups in total. The van der Waals surface area contributed by atoms with Gasteiger partial charge in [0, 0.05) is 13.1 Å². The maximum absolute atomic E-state index is 12.3. The predicted octanol–water partition coefficient (Wildman–Crippen LogP) is 1.92. The van der Waals surface area contributed by atoms with Gasteiger partial charge in [0.25, 0.3) is 0 Å². The topological polar surface area (TPSA) is 69.6 Å². The average molecular weight is 296 g/mol. The van der Waals surface area contributed by atoms with E-state index in [1.807, 2.05) is 24.3 Å². The maximum atomic E-state index is 12.3. The summed E-state index contributed by atoms with van der Waals surface area (Å²) in [6.45, 7) is 0.952. The van der Waals surface area contributed by atoms with Crippen LogP contribution in [0.15, 0.2) is 48.5 Å². The number of aromatic hydroxyl groups is 1. The Kier molecular flexibility index (Phi) is 3.78. The monoisotopic (exact) mass is 296 g/mol. The molecule has 0 fully saturated rings. The number of rotatable bonds is 1. The van der Waals surface area contributed by atoms with Crippen LogP contribution in [0.4, 0.5) is 5.69 Å². The number of carbonyl (C=O) groups is 2. The summed E-state index contributed by atoms with van der Waals surface area (Å²) in [5, 5.41) is 12.1. The number of fused-ring (bicyclic) bond motifs is 1. The minimum absolute atomic E-state index is 0.0624. The van der Waals surface area contributed by atoms with Gasteiger partial charge in [-0.3, -0.25) is 9.59 Å². The molecule has 0 spiro atoms. The van der Waals surface area contributed by atoms with Crippen LogP contribution in [0.5, 0.6) is 5.75 Å². The van der Waals surface area contributed by atoms with Crippen LogP contribution < -0.4 is 5.32 Å². The van der Waals surface area contributed by atoms with Gasteiger partial charge in [-0.2, -0.15) is 0 Å². The zero-order valence-electron chi connectivity index (χ0n) is 12.0. The Labute approximate surface area is 128 Å². The lowest BCUT2D eigenvalue weighted by molar-refractivity contribution is -0.143. The summed E-state index contributed by atoms with van der Waals surface area (Å²) in [7, 11) is 0. The highest BCUT2D eigenvalue weighted by atomic mass is 16.3. The van der Waals surface area contributed by atoms with Crippen LogP contribution in [-0.2, 0) is 22.6 Å². The molecule has 0 saturated heterocycles. The second-order valence-corrected chi connectivity index (χ2v) is 5.22. The molecule has 2 aromatic carbocycles. The number of benzene rings is 2. The summed E-state index contributed by atoms with van der Waals surface area (Å²) in [6.07, 6.45) is 0.742. The minimum atomic E-state index is -0.735. The number of hydrogen-bond donors (Lipinski definition) is 2. The third-order valence-corrected chi connectivity index (χ3v) is 3.76. The Hall–Kier alpha value is -2.82. The van der Waals surface area contributed by atoms with Crippen LogP contribution >= 0.6 is 0 Å². The van der Waals surface area contributed by atoms with E-state index in [1.54, 1.807) is 18.2 Å². The predicted molar refractivity (Wildman–Crippen MR) is 82.3 cm³/mol. The van der Waals surface area contributed by atoms with Crippen LogP contribution in [0.2, 0.25) is 0 Å². The van der Waals surface area contributed by atoms with E-state index < -0.39 is 11.8 Å². The van der Waals surface area contributed by atoms with Crippen LogP contribution in [0.1, 0.15) is 11.1 Å². The number of carbonyl (C=O) groups excluding carboxylic acids is 2. The number of phenolic OH excluding ortho intramolecular Hbond substituents is 1. The van der Waals surface area contributed by atoms with Crippen molar-refractivity contribution in [1.29, 1.82) is 0 Å². The van der Waals surface area contributed by atoms with Crippen LogP contribution in [0.3, 0.4) is 0 Å². The molecule has 2 aromatic rings. The molecular weight excluding hydrogens is 280 g/mol. The lowest BCUT2D eigenvalue weighted by Crippen LogP contribution is -2.42. The Morgan fingerprint density at radius 1 is 1.00 bits per heavy atom. The lowest BCUT2D eigenvalue weighted by Gasteiger charge is -2.28. The zero-order valence-corrected chi connectivity index (χ0v) is 12.0. The van der Waals surface area contributed by atoms with E-state index in [1.165, 1.54) is 16.5 Å². The maximum Gasteiger partial charge on any atom is 0.314 e. The number of nitrogens with one attached hydrogen (secondary N) is 1. The molecule has 22 heavy (non-hydrogen) atoms. The highest BCUT2D eigenvalue weighted by Crippen LogP contribution is 2.22. The Morgan fingerprint density at radius 3 is 2.45 bits per heavy atom. The van der Waals surface area contributed by atoms with Gasteiger partial charge in [-0.15, -0.1) is 0 Å². The Balaban J connectivity index is 1.70. The third kappa shape index (κ3) is 2.79. The number of para-hydroxylation sites is 2. The molecule has 112 valence electrons. The Morgan fingerprint density at radius 2 is 1.68 bits per heavy atom. The Bertz CT molecular complexity index is 727. The van der Waals surface area contributed by atoms with Gasteiger partial charge in [0.15, 0.2) is 0 Å². The summed E-state index contributed by atoms with van der Waals surface area (Å²) in [5.74, 6) is -1.38. The molecule has 5 nitrogen and oxygen atoms in total. The molecule has 1 aliphatic rings. The molecule has 3 rings (SSSR count). The zero-order chi connectivity index (χ0) is 15.5. The van der Waals surface area contributed by atoms with E-state index in [0.29, 0.717) is 13.1 Å². The van der Waals surface area contributed by atoms with Crippen molar-refractivity contribution in [3.63, 3.8) is 0 Å². The molecule has 0 bridgehead atoms. The molecule has 1 heterocycles. The highest BCUT2D eigenvalue weighted by Gasteiger charge is 2.26. The van der Waals surface area contributed by atoms with Gasteiger partial charge >= 0.3 is 11.8 Å². The molecule has 2 amide bonds. The second kappa shape index (κ2) is 5.89. The van der Waals surface area contributed by atoms with Crippen LogP contribution in [0.25, 0.3) is 0 Å². The van der Waals surface area contributed by atoms with Gasteiger partial charge in [0.1, 0.15) is 5.75 Å². The van der Waals surface area contributed by atoms with Gasteiger partial charge in [-0.25, -0.2) is 0 Å². The first-order chi connectivity index (χ1) is 10.6. The summed E-state index contributed by atoms with van der Waals surface area (Å²) in [5.41, 5.74) is 2.52. The van der Waals surface area contributed by atoms with Gasteiger partial charge in [0.05, 0.1) is 5.69 Å². The van der Waals surface area contributed by atoms with Crippen molar-refractivity contribution in [3.05, 3.63) is 59.7 Å². The normalized spacial score (nSPS) is 13.4. The quantitative estimate of drug-likeness (QED) is 0.624. The largest absolute Gasteiger partial charge is 0.506 e. The number of nitrogens with zero attached hydrogens (tertiary/aromatic N) is 1. The third-order valence-electron chi connectivity index (χ3n) is 3.76.